The van der Waals surface area contributed by atoms with Crippen LogP contribution < -0.4 is 28.7 Å². The van der Waals surface area contributed by atoms with E-state index >= 15 is 0 Å². The minimum atomic E-state index is 0.322. The van der Waals surface area contributed by atoms with E-state index in [2.05, 4.69) is 34.9 Å². The third kappa shape index (κ3) is 13.7. The summed E-state index contributed by atoms with van der Waals surface area (Å²) >= 11 is 0. The standard InChI is InChI=1S/C9H8N2.2C5H6N2.2C4H5N3/c10-9-6-5-7-3-1-2-4-8(7)11-9;6-5-1-3-7-4-2-5;6-5-3-1-2-4-7-5;5-4-3-6-1-2-7-4;5-4-6-2-1-3-7-4/h1-6H,(H2,10,11);2*1-4H,(H2,6,7);1-3H,(H2,5,7);1-3H,(H2,5,6,7). The summed E-state index contributed by atoms with van der Waals surface area (Å²) in [6, 6.07) is 22.3. The third-order valence-electron chi connectivity index (χ3n) is 4.18. The summed E-state index contributed by atoms with van der Waals surface area (Å²) in [6.45, 7) is 0. The van der Waals surface area contributed by atoms with Crippen LogP contribution in [-0.2, 0) is 0 Å². The zero-order chi connectivity index (χ0) is 28.1. The van der Waals surface area contributed by atoms with Gasteiger partial charge in [0.15, 0.2) is 0 Å². The van der Waals surface area contributed by atoms with Crippen LogP contribution in [0.3, 0.4) is 0 Å². The summed E-state index contributed by atoms with van der Waals surface area (Å²) in [5, 5.41) is 1.13. The van der Waals surface area contributed by atoms with Crippen LogP contribution in [0.1, 0.15) is 0 Å². The lowest BCUT2D eigenvalue weighted by Crippen LogP contribution is -1.90. The highest BCUT2D eigenvalue weighted by Crippen LogP contribution is 2.11. The van der Waals surface area contributed by atoms with Gasteiger partial charge in [-0.3, -0.25) is 9.97 Å². The molecule has 0 aliphatic heterocycles. The van der Waals surface area contributed by atoms with Gasteiger partial charge in [-0.1, -0.05) is 24.3 Å². The highest BCUT2D eigenvalue weighted by atomic mass is 15.0. The quantitative estimate of drug-likeness (QED) is 0.194. The molecule has 0 saturated carbocycles. The maximum atomic E-state index is 5.51. The van der Waals surface area contributed by atoms with Gasteiger partial charge in [0.25, 0.3) is 0 Å². The Morgan fingerprint density at radius 3 is 1.56 bits per heavy atom. The fourth-order valence-corrected chi connectivity index (χ4v) is 2.44. The van der Waals surface area contributed by atoms with Crippen LogP contribution in [0.15, 0.2) is 122 Å². The SMILES string of the molecule is Nc1ccc2ccccc2n1.Nc1ccccn1.Nc1ccncc1.Nc1cnccn1.Nc1ncccn1. The molecule has 0 amide bonds. The van der Waals surface area contributed by atoms with E-state index in [1.54, 1.807) is 67.6 Å². The smallest absolute Gasteiger partial charge is 0.219 e. The molecule has 12 nitrogen and oxygen atoms in total. The normalized spacial score (nSPS) is 9.03. The van der Waals surface area contributed by atoms with Crippen LogP contribution in [0.4, 0.5) is 29.1 Å². The first-order valence-electron chi connectivity index (χ1n) is 11.4. The Labute approximate surface area is 226 Å². The Kier molecular flexibility index (Phi) is 13.2. The number of hydrogen-bond acceptors (Lipinski definition) is 12. The zero-order valence-electron chi connectivity index (χ0n) is 21.1. The molecule has 1 aromatic carbocycles. The summed E-state index contributed by atoms with van der Waals surface area (Å²) in [6.07, 6.45) is 12.8. The number of fused-ring (bicyclic) bond motifs is 1. The van der Waals surface area contributed by atoms with Gasteiger partial charge in [-0.15, -0.1) is 0 Å². The Morgan fingerprint density at radius 2 is 1.10 bits per heavy atom. The Morgan fingerprint density at radius 1 is 0.436 bits per heavy atom. The number of rotatable bonds is 0. The molecule has 0 saturated heterocycles. The Balaban J connectivity index is 0.000000174. The van der Waals surface area contributed by atoms with Crippen LogP contribution in [-0.4, -0.2) is 34.9 Å². The minimum absolute atomic E-state index is 0.322. The lowest BCUT2D eigenvalue weighted by Gasteiger charge is -1.95. The molecule has 198 valence electrons. The van der Waals surface area contributed by atoms with Crippen molar-refractivity contribution in [2.24, 2.45) is 0 Å². The lowest BCUT2D eigenvalue weighted by molar-refractivity contribution is 1.19. The van der Waals surface area contributed by atoms with Crippen molar-refractivity contribution in [2.45, 2.75) is 0 Å². The van der Waals surface area contributed by atoms with Gasteiger partial charge >= 0.3 is 0 Å². The van der Waals surface area contributed by atoms with E-state index in [0.29, 0.717) is 23.4 Å². The van der Waals surface area contributed by atoms with Crippen LogP contribution in [0, 0.1) is 0 Å². The highest BCUT2D eigenvalue weighted by Gasteiger charge is 1.91. The molecule has 5 heterocycles. The van der Waals surface area contributed by atoms with Crippen molar-refractivity contribution < 1.29 is 0 Å². The summed E-state index contributed by atoms with van der Waals surface area (Å²) in [4.78, 5) is 26.4. The van der Waals surface area contributed by atoms with Crippen LogP contribution in [0.25, 0.3) is 10.9 Å². The molecule has 10 N–H and O–H groups in total. The van der Waals surface area contributed by atoms with Gasteiger partial charge in [-0.25, -0.2) is 24.9 Å². The first-order valence-corrected chi connectivity index (χ1v) is 11.4. The number of benzene rings is 1. The number of para-hydroxylation sites is 1. The van der Waals surface area contributed by atoms with Gasteiger partial charge in [0.2, 0.25) is 5.95 Å². The summed E-state index contributed by atoms with van der Waals surface area (Å²) in [5.41, 5.74) is 28.1. The van der Waals surface area contributed by atoms with E-state index < -0.39 is 0 Å². The minimum Gasteiger partial charge on any atom is -0.399 e. The van der Waals surface area contributed by atoms with E-state index in [4.69, 9.17) is 28.7 Å². The molecule has 0 aliphatic carbocycles. The molecule has 39 heavy (non-hydrogen) atoms. The van der Waals surface area contributed by atoms with Gasteiger partial charge in [-0.2, -0.15) is 0 Å². The van der Waals surface area contributed by atoms with E-state index in [1.165, 1.54) is 6.20 Å². The van der Waals surface area contributed by atoms with Gasteiger partial charge < -0.3 is 28.7 Å². The van der Waals surface area contributed by atoms with Gasteiger partial charge in [-0.05, 0) is 48.5 Å². The second-order valence-electron chi connectivity index (χ2n) is 7.20. The molecule has 0 atom stereocenters. The molecular weight excluding hydrogens is 492 g/mol. The molecule has 0 spiro atoms. The molecule has 0 fully saturated rings. The summed E-state index contributed by atoms with van der Waals surface area (Å²) < 4.78 is 0. The number of pyridine rings is 3. The van der Waals surface area contributed by atoms with E-state index in [0.717, 1.165) is 16.6 Å². The average Bonchev–Trinajstić information content (AvgIpc) is 2.96. The number of nitrogens with zero attached hydrogens (tertiary/aromatic N) is 7. The Bertz CT molecular complexity index is 1290. The molecule has 0 radical (unpaired) electrons. The Hall–Kier alpha value is -5.91. The topological polar surface area (TPSA) is 220 Å². The van der Waals surface area contributed by atoms with Crippen molar-refractivity contribution in [3.05, 3.63) is 122 Å². The molecule has 12 heteroatoms. The number of nitrogens with two attached hydrogens (primary N) is 5. The van der Waals surface area contributed by atoms with E-state index in [9.17, 15) is 0 Å². The van der Waals surface area contributed by atoms with Crippen molar-refractivity contribution in [3.8, 4) is 0 Å². The van der Waals surface area contributed by atoms with E-state index in [-0.39, 0.29) is 0 Å². The number of aromatic nitrogens is 7. The number of hydrogen-bond donors (Lipinski definition) is 5. The zero-order valence-corrected chi connectivity index (χ0v) is 21.1. The molecule has 0 unspecified atom stereocenters. The molecular formula is C27H30N12. The van der Waals surface area contributed by atoms with Gasteiger partial charge in [0.05, 0.1) is 11.7 Å². The monoisotopic (exact) mass is 522 g/mol. The molecule has 5 aromatic heterocycles. The molecule has 6 rings (SSSR count). The lowest BCUT2D eigenvalue weighted by atomic mass is 10.2. The predicted octanol–water partition coefficient (Wildman–Crippen LogP) is 3.26. The maximum Gasteiger partial charge on any atom is 0.219 e. The second kappa shape index (κ2) is 17.5. The maximum absolute atomic E-state index is 5.51. The first kappa shape index (κ1) is 29.3. The van der Waals surface area contributed by atoms with Crippen molar-refractivity contribution in [2.75, 3.05) is 28.7 Å². The van der Waals surface area contributed by atoms with E-state index in [1.807, 2.05) is 48.5 Å². The predicted molar refractivity (Wildman–Crippen MR) is 156 cm³/mol. The molecule has 0 aliphatic rings. The molecule has 0 bridgehead atoms. The summed E-state index contributed by atoms with van der Waals surface area (Å²) in [7, 11) is 0. The fourth-order valence-electron chi connectivity index (χ4n) is 2.44. The highest BCUT2D eigenvalue weighted by molar-refractivity contribution is 5.79. The van der Waals surface area contributed by atoms with Crippen molar-refractivity contribution in [1.29, 1.82) is 0 Å². The largest absolute Gasteiger partial charge is 0.399 e. The fraction of sp³-hybridized carbons (Fsp3) is 0. The molecule has 6 aromatic rings. The van der Waals surface area contributed by atoms with Crippen LogP contribution in [0.5, 0.6) is 0 Å². The van der Waals surface area contributed by atoms with Crippen molar-refractivity contribution in [1.82, 2.24) is 34.9 Å². The van der Waals surface area contributed by atoms with Crippen molar-refractivity contribution in [3.63, 3.8) is 0 Å². The van der Waals surface area contributed by atoms with Crippen LogP contribution >= 0.6 is 0 Å². The third-order valence-corrected chi connectivity index (χ3v) is 4.18. The first-order chi connectivity index (χ1) is 18.9. The van der Waals surface area contributed by atoms with Gasteiger partial charge in [0, 0.05) is 54.5 Å². The summed E-state index contributed by atoms with van der Waals surface area (Å²) in [5.74, 6) is 1.93. The van der Waals surface area contributed by atoms with Gasteiger partial charge in [0.1, 0.15) is 17.5 Å². The second-order valence-corrected chi connectivity index (χ2v) is 7.20. The van der Waals surface area contributed by atoms with Crippen LogP contribution in [0.2, 0.25) is 0 Å². The number of nitrogen functional groups attached to an aromatic ring is 5. The average molecular weight is 523 g/mol. The van der Waals surface area contributed by atoms with Crippen molar-refractivity contribution >= 4 is 40.0 Å². The number of anilines is 5.